The molecule has 0 unspecified atom stereocenters. The number of carbonyl (C=O) groups is 3. The molecule has 3 aromatic carbocycles. The van der Waals surface area contributed by atoms with Crippen molar-refractivity contribution in [3.63, 3.8) is 0 Å². The van der Waals surface area contributed by atoms with E-state index in [9.17, 15) is 53.9 Å². The SMILES string of the molecule is Cc1ccc(-c2nnc(NC(=O)c3ccc(SC(F)(F)F)cc3)o2)s1.O=C(Nc1nnc(-c2ccc(Cl)s2)o1)c1ccc(SC(F)(F)F)cc1.O=C(Nc1nnc(-c2cccs2)o1)c1ccc(SC(F)(F)F)cc1. The molecule has 6 heterocycles. The van der Waals surface area contributed by atoms with Crippen LogP contribution in [0, 0.1) is 6.92 Å². The molecule has 31 heteroatoms. The molecule has 0 aliphatic rings. The van der Waals surface area contributed by atoms with Crippen molar-refractivity contribution in [3.05, 3.63) is 140 Å². The Bertz CT molecular complexity index is 3160. The highest BCUT2D eigenvalue weighted by Gasteiger charge is 2.31. The number of hydrogen-bond acceptors (Lipinski definition) is 18. The Labute approximate surface area is 438 Å². The molecule has 0 fully saturated rings. The zero-order chi connectivity index (χ0) is 53.2. The van der Waals surface area contributed by atoms with Gasteiger partial charge in [-0.25, -0.2) is 0 Å². The number of nitrogens with one attached hydrogen (secondary N) is 3. The summed E-state index contributed by atoms with van der Waals surface area (Å²) in [6.07, 6.45) is 0. The van der Waals surface area contributed by atoms with E-state index in [1.165, 1.54) is 107 Å². The van der Waals surface area contributed by atoms with Crippen molar-refractivity contribution in [1.29, 1.82) is 0 Å². The van der Waals surface area contributed by atoms with Gasteiger partial charge in [0, 0.05) is 36.3 Å². The van der Waals surface area contributed by atoms with Crippen molar-refractivity contribution in [2.45, 2.75) is 38.1 Å². The van der Waals surface area contributed by atoms with Gasteiger partial charge in [0.05, 0.1) is 19.0 Å². The van der Waals surface area contributed by atoms with Gasteiger partial charge in [-0.05, 0) is 151 Å². The van der Waals surface area contributed by atoms with E-state index < -0.39 is 34.2 Å². The second-order valence-electron chi connectivity index (χ2n) is 13.8. The molecular weight excluding hydrogens is 1140 g/mol. The van der Waals surface area contributed by atoms with Gasteiger partial charge in [-0.2, -0.15) is 39.5 Å². The third-order valence-electron chi connectivity index (χ3n) is 8.45. The molecule has 0 spiro atoms. The van der Waals surface area contributed by atoms with Crippen LogP contribution in [0.2, 0.25) is 4.34 Å². The molecule has 0 radical (unpaired) electrons. The quantitative estimate of drug-likeness (QED) is 0.0769. The van der Waals surface area contributed by atoms with Crippen LogP contribution in [0.1, 0.15) is 36.0 Å². The molecule has 3 N–H and O–H groups in total. The maximum absolute atomic E-state index is 12.3. The third-order valence-corrected chi connectivity index (χ3v) is 13.7. The zero-order valence-electron chi connectivity index (χ0n) is 36.3. The lowest BCUT2D eigenvalue weighted by atomic mass is 10.2. The number of carbonyl (C=O) groups excluding carboxylic acids is 3. The van der Waals surface area contributed by atoms with Gasteiger partial charge in [0.1, 0.15) is 0 Å². The fraction of sp³-hybridized carbons (Fsp3) is 0.0930. The van der Waals surface area contributed by atoms with E-state index in [0.29, 0.717) is 9.21 Å². The van der Waals surface area contributed by atoms with Gasteiger partial charge in [0.15, 0.2) is 0 Å². The van der Waals surface area contributed by atoms with E-state index in [2.05, 4.69) is 46.5 Å². The molecule has 0 saturated carbocycles. The predicted molar refractivity (Wildman–Crippen MR) is 262 cm³/mol. The number of nitrogens with zero attached hydrogens (tertiary/aromatic N) is 6. The predicted octanol–water partition coefficient (Wildman–Crippen LogP) is 14.9. The molecule has 9 aromatic rings. The summed E-state index contributed by atoms with van der Waals surface area (Å²) in [7, 11) is 0. The average Bonchev–Trinajstić information content (AvgIpc) is 4.20. The first-order valence-corrected chi connectivity index (χ1v) is 25.2. The van der Waals surface area contributed by atoms with Gasteiger partial charge < -0.3 is 13.3 Å². The minimum atomic E-state index is -4.38. The van der Waals surface area contributed by atoms with Gasteiger partial charge in [0.25, 0.3) is 35.4 Å². The highest BCUT2D eigenvalue weighted by Crippen LogP contribution is 2.39. The Morgan fingerprint density at radius 2 is 0.824 bits per heavy atom. The number of thioether (sulfide) groups is 3. The van der Waals surface area contributed by atoms with Crippen molar-refractivity contribution in [1.82, 2.24) is 30.6 Å². The standard InChI is InChI=1S/C15H10F3N3O2S2.C14H7ClF3N3O2S2.C14H8F3N3O2S2/c1-8-2-7-11(24-8)13-20-21-14(23-13)19-12(22)9-3-5-10(6-4-9)25-15(16,17)18;15-10-6-5-9(24-10)12-20-21-13(23-12)19-11(22)7-1-3-8(4-2-7)25-14(16,17)18;15-14(16,17)24-9-5-3-8(4-6-9)11(21)18-13-20-19-12(22-13)10-2-1-7-23-10/h2-7H,1H3,(H,19,21,22);1-6H,(H,19,21,22);1-7H,(H,18,20,21). The molecule has 15 nitrogen and oxygen atoms in total. The number of alkyl halides is 9. The van der Waals surface area contributed by atoms with Crippen molar-refractivity contribution >= 4 is 117 Å². The molecule has 384 valence electrons. The maximum Gasteiger partial charge on any atom is 0.446 e. The normalized spacial score (nSPS) is 11.5. The third kappa shape index (κ3) is 16.9. The van der Waals surface area contributed by atoms with Crippen LogP contribution >= 0.6 is 80.9 Å². The fourth-order valence-corrected chi connectivity index (χ4v) is 9.45. The molecule has 0 bridgehead atoms. The van der Waals surface area contributed by atoms with Gasteiger partial charge in [0.2, 0.25) is 0 Å². The van der Waals surface area contributed by atoms with Crippen LogP contribution in [0.25, 0.3) is 32.3 Å². The molecule has 0 atom stereocenters. The first-order chi connectivity index (χ1) is 35.0. The van der Waals surface area contributed by atoms with Crippen LogP contribution < -0.4 is 16.0 Å². The first kappa shape index (κ1) is 55.1. The summed E-state index contributed by atoms with van der Waals surface area (Å²) in [5.74, 6) is -0.935. The summed E-state index contributed by atoms with van der Waals surface area (Å²) < 4.78 is 127. The summed E-state index contributed by atoms with van der Waals surface area (Å²) in [4.78, 5) is 39.5. The number of halogens is 10. The second kappa shape index (κ2) is 24.1. The lowest BCUT2D eigenvalue weighted by Crippen LogP contribution is -2.12. The van der Waals surface area contributed by atoms with Gasteiger partial charge >= 0.3 is 34.6 Å². The van der Waals surface area contributed by atoms with Gasteiger partial charge in [-0.15, -0.1) is 49.3 Å². The van der Waals surface area contributed by atoms with E-state index in [1.807, 2.05) is 30.5 Å². The van der Waals surface area contributed by atoms with Crippen molar-refractivity contribution in [2.24, 2.45) is 0 Å². The van der Waals surface area contributed by atoms with Crippen molar-refractivity contribution < 1.29 is 67.1 Å². The van der Waals surface area contributed by atoms with E-state index in [1.54, 1.807) is 18.2 Å². The number of rotatable bonds is 12. The van der Waals surface area contributed by atoms with Crippen LogP contribution in [-0.4, -0.2) is 64.8 Å². The summed E-state index contributed by atoms with van der Waals surface area (Å²) in [6.45, 7) is 1.94. The lowest BCUT2D eigenvalue weighted by molar-refractivity contribution is -0.0337. The summed E-state index contributed by atoms with van der Waals surface area (Å²) in [6, 6.07) is 25.5. The van der Waals surface area contributed by atoms with Crippen molar-refractivity contribution in [3.8, 4) is 32.3 Å². The highest BCUT2D eigenvalue weighted by atomic mass is 35.5. The fourth-order valence-electron chi connectivity index (χ4n) is 5.43. The molecule has 0 saturated heterocycles. The molecule has 0 aliphatic heterocycles. The number of thiophene rings is 3. The van der Waals surface area contributed by atoms with Crippen LogP contribution in [-0.2, 0) is 0 Å². The average molecular weight is 1160 g/mol. The van der Waals surface area contributed by atoms with Crippen LogP contribution in [0.15, 0.2) is 143 Å². The monoisotopic (exact) mass is 1160 g/mol. The Morgan fingerprint density at radius 1 is 0.473 bits per heavy atom. The number of anilines is 3. The minimum absolute atomic E-state index is 0.00260. The topological polar surface area (TPSA) is 204 Å². The number of benzene rings is 3. The number of aryl methyl sites for hydroxylation is 1. The minimum Gasteiger partial charge on any atom is -0.402 e. The van der Waals surface area contributed by atoms with Crippen molar-refractivity contribution in [2.75, 3.05) is 16.0 Å². The molecule has 3 amide bonds. The number of hydrogen-bond donors (Lipinski definition) is 3. The van der Waals surface area contributed by atoms with Gasteiger partial charge in [-0.3, -0.25) is 30.3 Å². The summed E-state index contributed by atoms with van der Waals surface area (Å²) in [5.41, 5.74) is -12.6. The molecule has 0 aliphatic carbocycles. The lowest BCUT2D eigenvalue weighted by Gasteiger charge is -2.06. The molecule has 74 heavy (non-hydrogen) atoms. The second-order valence-corrected chi connectivity index (χ2v) is 21.2. The number of aromatic nitrogens is 6. The highest BCUT2D eigenvalue weighted by molar-refractivity contribution is 8.00. The van der Waals surface area contributed by atoms with Gasteiger partial charge in [-0.1, -0.05) is 33.0 Å². The Kier molecular flexibility index (Phi) is 17.9. The molecule has 9 rings (SSSR count). The zero-order valence-corrected chi connectivity index (χ0v) is 42.0. The van der Waals surface area contributed by atoms with Crippen LogP contribution in [0.4, 0.5) is 57.6 Å². The molecular formula is C43H25ClF9N9O6S6. The summed E-state index contributed by atoms with van der Waals surface area (Å²) in [5, 5.41) is 31.7. The maximum atomic E-state index is 12.3. The molecule has 6 aromatic heterocycles. The number of amides is 3. The van der Waals surface area contributed by atoms with E-state index >= 15 is 0 Å². The van der Waals surface area contributed by atoms with E-state index in [4.69, 9.17) is 24.9 Å². The first-order valence-electron chi connectivity index (χ1n) is 19.9. The Morgan fingerprint density at radius 3 is 1.12 bits per heavy atom. The Balaban J connectivity index is 0.000000162. The Hall–Kier alpha value is -6.70. The van der Waals surface area contributed by atoms with Crippen LogP contribution in [0.3, 0.4) is 0 Å². The smallest absolute Gasteiger partial charge is 0.402 e. The summed E-state index contributed by atoms with van der Waals surface area (Å²) >= 11 is 9.20. The van der Waals surface area contributed by atoms with E-state index in [-0.39, 0.29) is 102 Å². The van der Waals surface area contributed by atoms with E-state index in [0.717, 1.165) is 14.6 Å². The van der Waals surface area contributed by atoms with Crippen LogP contribution in [0.5, 0.6) is 0 Å². The largest absolute Gasteiger partial charge is 0.446 e.